The van der Waals surface area contributed by atoms with E-state index in [1.54, 1.807) is 11.8 Å². The van der Waals surface area contributed by atoms with Crippen LogP contribution in [0.25, 0.3) is 0 Å². The first-order valence-electron chi connectivity index (χ1n) is 4.26. The molecule has 0 aliphatic heterocycles. The van der Waals surface area contributed by atoms with Crippen LogP contribution in [0.3, 0.4) is 0 Å². The Morgan fingerprint density at radius 2 is 2.07 bits per heavy atom. The quantitative estimate of drug-likeness (QED) is 0.525. The summed E-state index contributed by atoms with van der Waals surface area (Å²) < 4.78 is 0.937. The van der Waals surface area contributed by atoms with Gasteiger partial charge in [0.15, 0.2) is 0 Å². The maximum Gasteiger partial charge on any atom is 0.251 e. The molecule has 0 unspecified atom stereocenters. The summed E-state index contributed by atoms with van der Waals surface area (Å²) in [6.07, 6.45) is 2.02. The highest BCUT2D eigenvalue weighted by Gasteiger charge is 2.03. The number of halogens is 1. The molecule has 0 spiro atoms. The average molecular weight is 321 g/mol. The van der Waals surface area contributed by atoms with Crippen LogP contribution >= 0.6 is 34.4 Å². The molecule has 0 radical (unpaired) electrons. The van der Waals surface area contributed by atoms with Gasteiger partial charge in [0.2, 0.25) is 0 Å². The van der Waals surface area contributed by atoms with Crippen LogP contribution in [0.15, 0.2) is 29.2 Å². The van der Waals surface area contributed by atoms with Crippen molar-refractivity contribution >= 4 is 40.3 Å². The molecule has 0 aromatic heterocycles. The van der Waals surface area contributed by atoms with Crippen molar-refractivity contribution in [3.63, 3.8) is 0 Å². The van der Waals surface area contributed by atoms with E-state index in [0.717, 1.165) is 16.5 Å². The van der Waals surface area contributed by atoms with E-state index in [0.29, 0.717) is 0 Å². The van der Waals surface area contributed by atoms with Gasteiger partial charge in [-0.1, -0.05) is 22.6 Å². The maximum atomic E-state index is 11.5. The van der Waals surface area contributed by atoms with Gasteiger partial charge in [-0.05, 0) is 30.5 Å². The molecule has 0 atom stereocenters. The minimum Gasteiger partial charge on any atom is -0.351 e. The lowest BCUT2D eigenvalue weighted by molar-refractivity contribution is 0.0956. The summed E-state index contributed by atoms with van der Waals surface area (Å²) in [6.45, 7) is 0.726. The number of carbonyl (C=O) groups is 1. The molecule has 76 valence electrons. The van der Waals surface area contributed by atoms with Crippen molar-refractivity contribution < 1.29 is 4.79 Å². The van der Waals surface area contributed by atoms with Crippen molar-refractivity contribution in [1.29, 1.82) is 0 Å². The molecule has 0 bridgehead atoms. The first kappa shape index (κ1) is 11.8. The molecule has 4 heteroatoms. The highest BCUT2D eigenvalue weighted by molar-refractivity contribution is 14.1. The summed E-state index contributed by atoms with van der Waals surface area (Å²) in [7, 11) is 0. The third-order valence-corrected chi connectivity index (χ3v) is 3.02. The Kier molecular flexibility index (Phi) is 5.32. The van der Waals surface area contributed by atoms with E-state index in [4.69, 9.17) is 0 Å². The van der Waals surface area contributed by atoms with E-state index in [9.17, 15) is 4.79 Å². The van der Waals surface area contributed by atoms with Gasteiger partial charge in [-0.25, -0.2) is 0 Å². The molecule has 14 heavy (non-hydrogen) atoms. The highest BCUT2D eigenvalue weighted by atomic mass is 127. The SMILES string of the molecule is CSc1ccc(C(=O)NCCI)cc1. The van der Waals surface area contributed by atoms with Crippen LogP contribution in [0.4, 0.5) is 0 Å². The largest absolute Gasteiger partial charge is 0.351 e. The second-order valence-electron chi connectivity index (χ2n) is 2.67. The van der Waals surface area contributed by atoms with Gasteiger partial charge in [-0.15, -0.1) is 11.8 Å². The van der Waals surface area contributed by atoms with E-state index in [2.05, 4.69) is 27.9 Å². The summed E-state index contributed by atoms with van der Waals surface area (Å²) in [5.74, 6) is 0.00863. The summed E-state index contributed by atoms with van der Waals surface area (Å²) in [6, 6.07) is 7.63. The molecule has 1 aromatic rings. The van der Waals surface area contributed by atoms with Gasteiger partial charge in [0.05, 0.1) is 0 Å². The number of carbonyl (C=O) groups excluding carboxylic acids is 1. The molecule has 1 N–H and O–H groups in total. The molecule has 1 amide bonds. The predicted octanol–water partition coefficient (Wildman–Crippen LogP) is 2.57. The fraction of sp³-hybridized carbons (Fsp3) is 0.300. The molecule has 1 aromatic carbocycles. The van der Waals surface area contributed by atoms with Crippen LogP contribution in [0.1, 0.15) is 10.4 Å². The van der Waals surface area contributed by atoms with Gasteiger partial charge in [0.1, 0.15) is 0 Å². The van der Waals surface area contributed by atoms with Gasteiger partial charge in [-0.2, -0.15) is 0 Å². The molecule has 0 saturated carbocycles. The van der Waals surface area contributed by atoms with Gasteiger partial charge in [0, 0.05) is 21.4 Å². The lowest BCUT2D eigenvalue weighted by Gasteiger charge is -2.03. The van der Waals surface area contributed by atoms with E-state index in [-0.39, 0.29) is 5.91 Å². The fourth-order valence-electron chi connectivity index (χ4n) is 1.01. The number of nitrogens with one attached hydrogen (secondary N) is 1. The van der Waals surface area contributed by atoms with Crippen molar-refractivity contribution in [1.82, 2.24) is 5.32 Å². The van der Waals surface area contributed by atoms with Crippen molar-refractivity contribution in [2.75, 3.05) is 17.2 Å². The number of thioether (sulfide) groups is 1. The third kappa shape index (κ3) is 3.49. The van der Waals surface area contributed by atoms with Gasteiger partial charge in [-0.3, -0.25) is 4.79 Å². The van der Waals surface area contributed by atoms with Crippen LogP contribution in [0.2, 0.25) is 0 Å². The number of amides is 1. The van der Waals surface area contributed by atoms with Crippen molar-refractivity contribution in [2.24, 2.45) is 0 Å². The van der Waals surface area contributed by atoms with Crippen LogP contribution in [-0.2, 0) is 0 Å². The lowest BCUT2D eigenvalue weighted by atomic mass is 10.2. The third-order valence-electron chi connectivity index (χ3n) is 1.73. The topological polar surface area (TPSA) is 29.1 Å². The van der Waals surface area contributed by atoms with Crippen molar-refractivity contribution in [2.45, 2.75) is 4.90 Å². The van der Waals surface area contributed by atoms with E-state index in [1.165, 1.54) is 4.90 Å². The summed E-state index contributed by atoms with van der Waals surface area (Å²) in [5.41, 5.74) is 0.729. The Morgan fingerprint density at radius 3 is 2.57 bits per heavy atom. The van der Waals surface area contributed by atoms with Crippen LogP contribution in [0.5, 0.6) is 0 Å². The number of benzene rings is 1. The normalized spacial score (nSPS) is 9.86. The maximum absolute atomic E-state index is 11.5. The number of rotatable bonds is 4. The Bertz CT molecular complexity index is 299. The number of alkyl halides is 1. The van der Waals surface area contributed by atoms with E-state index < -0.39 is 0 Å². The highest BCUT2D eigenvalue weighted by Crippen LogP contribution is 2.14. The summed E-state index contributed by atoms with van der Waals surface area (Å²) in [4.78, 5) is 12.7. The zero-order valence-electron chi connectivity index (χ0n) is 7.92. The van der Waals surface area contributed by atoms with Crippen LogP contribution < -0.4 is 5.32 Å². The minimum atomic E-state index is 0.00863. The standard InChI is InChI=1S/C10H12INOS/c1-14-9-4-2-8(3-5-9)10(13)12-7-6-11/h2-5H,6-7H2,1H3,(H,12,13). The second-order valence-corrected chi connectivity index (χ2v) is 4.63. The lowest BCUT2D eigenvalue weighted by Crippen LogP contribution is -2.24. The molecule has 0 saturated heterocycles. The molecular formula is C10H12INOS. The number of hydrogen-bond donors (Lipinski definition) is 1. The molecule has 0 aliphatic carbocycles. The van der Waals surface area contributed by atoms with Crippen LogP contribution in [0, 0.1) is 0 Å². The molecule has 0 fully saturated rings. The smallest absolute Gasteiger partial charge is 0.251 e. The van der Waals surface area contributed by atoms with Crippen molar-refractivity contribution in [3.8, 4) is 0 Å². The Balaban J connectivity index is 2.62. The minimum absolute atomic E-state index is 0.00863. The zero-order valence-corrected chi connectivity index (χ0v) is 10.9. The molecule has 0 aliphatic rings. The van der Waals surface area contributed by atoms with Gasteiger partial charge >= 0.3 is 0 Å². The summed E-state index contributed by atoms with van der Waals surface area (Å²) >= 11 is 3.91. The summed E-state index contributed by atoms with van der Waals surface area (Å²) in [5, 5.41) is 2.83. The van der Waals surface area contributed by atoms with E-state index >= 15 is 0 Å². The number of hydrogen-bond acceptors (Lipinski definition) is 2. The molecule has 0 heterocycles. The second kappa shape index (κ2) is 6.29. The van der Waals surface area contributed by atoms with E-state index in [1.807, 2.05) is 30.5 Å². The molecule has 1 rings (SSSR count). The van der Waals surface area contributed by atoms with Crippen LogP contribution in [-0.4, -0.2) is 23.1 Å². The Morgan fingerprint density at radius 1 is 1.43 bits per heavy atom. The van der Waals surface area contributed by atoms with Crippen molar-refractivity contribution in [3.05, 3.63) is 29.8 Å². The molecule has 2 nitrogen and oxygen atoms in total. The fourth-order valence-corrected chi connectivity index (χ4v) is 1.68. The first-order valence-corrected chi connectivity index (χ1v) is 7.01. The average Bonchev–Trinajstić information content (AvgIpc) is 2.26. The molecular weight excluding hydrogens is 309 g/mol. The van der Waals surface area contributed by atoms with Gasteiger partial charge < -0.3 is 5.32 Å². The first-order chi connectivity index (χ1) is 6.77. The monoisotopic (exact) mass is 321 g/mol. The Labute approximate surface area is 102 Å². The zero-order chi connectivity index (χ0) is 10.4. The van der Waals surface area contributed by atoms with Gasteiger partial charge in [0.25, 0.3) is 5.91 Å². The Hall–Kier alpha value is -0.230. The predicted molar refractivity (Wildman–Crippen MR) is 69.4 cm³/mol.